The summed E-state index contributed by atoms with van der Waals surface area (Å²) in [6, 6.07) is 2.16. The maximum atomic E-state index is 12.6. The standard InChI is InChI=1S/C16H16N6OS2/c17-6-11-7-18-14(21-15(11)22-4-2-1-3-5-22)10-25(23)16-19-12-8-24-9-13(12)20-16/h7-9H,1-5,10H2,(H,19,20). The van der Waals surface area contributed by atoms with Gasteiger partial charge in [-0.25, -0.2) is 9.97 Å². The maximum absolute atomic E-state index is 12.6. The van der Waals surface area contributed by atoms with Gasteiger partial charge in [0.1, 0.15) is 17.1 Å². The lowest BCUT2D eigenvalue weighted by Gasteiger charge is -2.28. The summed E-state index contributed by atoms with van der Waals surface area (Å²) < 4.78 is 12.6. The van der Waals surface area contributed by atoms with E-state index in [-0.39, 0.29) is 5.75 Å². The van der Waals surface area contributed by atoms with E-state index in [0.29, 0.717) is 22.4 Å². The number of H-pyrrole nitrogens is 1. The molecule has 0 aliphatic carbocycles. The topological polar surface area (TPSA) is 105 Å². The third-order valence-corrected chi connectivity index (χ3v) is 6.05. The van der Waals surface area contributed by atoms with Gasteiger partial charge in [0, 0.05) is 35.0 Å². The van der Waals surface area contributed by atoms with Crippen LogP contribution in [0.2, 0.25) is 0 Å². The molecule has 7 nitrogen and oxygen atoms in total. The Bertz CT molecular complexity index is 896. The Kier molecular flexibility index (Phi) is 4.57. The first-order chi connectivity index (χ1) is 12.2. The van der Waals surface area contributed by atoms with Crippen LogP contribution in [-0.2, 0) is 16.9 Å². The van der Waals surface area contributed by atoms with Crippen LogP contribution in [0.5, 0.6) is 0 Å². The molecule has 128 valence electrons. The van der Waals surface area contributed by atoms with Crippen LogP contribution < -0.4 is 4.90 Å². The number of nitriles is 1. The van der Waals surface area contributed by atoms with Crippen molar-refractivity contribution in [3.05, 3.63) is 28.3 Å². The fourth-order valence-electron chi connectivity index (χ4n) is 2.92. The first kappa shape index (κ1) is 16.3. The summed E-state index contributed by atoms with van der Waals surface area (Å²) in [5.74, 6) is 1.30. The molecule has 9 heteroatoms. The highest BCUT2D eigenvalue weighted by atomic mass is 32.2. The van der Waals surface area contributed by atoms with Gasteiger partial charge in [-0.3, -0.25) is 4.98 Å². The van der Waals surface area contributed by atoms with Crippen LogP contribution in [0.4, 0.5) is 5.82 Å². The quantitative estimate of drug-likeness (QED) is 0.706. The summed E-state index contributed by atoms with van der Waals surface area (Å²) in [7, 11) is 0. The molecule has 1 fully saturated rings. The molecular weight excluding hydrogens is 356 g/mol. The van der Waals surface area contributed by atoms with Crippen molar-refractivity contribution >= 4 is 39.4 Å². The van der Waals surface area contributed by atoms with Gasteiger partial charge < -0.3 is 9.45 Å². The zero-order valence-electron chi connectivity index (χ0n) is 13.4. The average molecular weight is 372 g/mol. The van der Waals surface area contributed by atoms with E-state index < -0.39 is 11.2 Å². The number of nitrogens with zero attached hydrogens (tertiary/aromatic N) is 5. The molecule has 4 rings (SSSR count). The minimum absolute atomic E-state index is 0.173. The molecule has 0 aromatic carbocycles. The molecule has 4 heterocycles. The molecule has 1 atom stereocenters. The fourth-order valence-corrected chi connectivity index (χ4v) is 4.55. The SMILES string of the molecule is N#Cc1cnc(C[S+]([O-])c2nc3cscc3[nH]2)nc1N1CCCCC1. The van der Waals surface area contributed by atoms with Gasteiger partial charge in [0.05, 0.1) is 11.7 Å². The van der Waals surface area contributed by atoms with E-state index in [4.69, 9.17) is 0 Å². The molecule has 3 aromatic heterocycles. The minimum atomic E-state index is -1.36. The summed E-state index contributed by atoms with van der Waals surface area (Å²) in [5.41, 5.74) is 2.18. The number of rotatable bonds is 4. The third kappa shape index (κ3) is 3.33. The highest BCUT2D eigenvalue weighted by Crippen LogP contribution is 2.23. The number of fused-ring (bicyclic) bond motifs is 1. The Morgan fingerprint density at radius 1 is 1.28 bits per heavy atom. The monoisotopic (exact) mass is 372 g/mol. The Morgan fingerprint density at radius 3 is 2.88 bits per heavy atom. The number of hydrogen-bond donors (Lipinski definition) is 1. The van der Waals surface area contributed by atoms with Gasteiger partial charge in [-0.15, -0.1) is 11.3 Å². The van der Waals surface area contributed by atoms with Crippen LogP contribution >= 0.6 is 11.3 Å². The predicted molar refractivity (Wildman–Crippen MR) is 96.9 cm³/mol. The molecule has 0 saturated carbocycles. The Hall–Kier alpha value is -2.15. The zero-order chi connectivity index (χ0) is 17.2. The average Bonchev–Trinajstić information content (AvgIpc) is 3.24. The van der Waals surface area contributed by atoms with Gasteiger partial charge in [-0.2, -0.15) is 10.2 Å². The van der Waals surface area contributed by atoms with E-state index in [1.165, 1.54) is 12.6 Å². The Balaban J connectivity index is 1.57. The Morgan fingerprint density at radius 2 is 2.12 bits per heavy atom. The van der Waals surface area contributed by atoms with Crippen LogP contribution in [0.1, 0.15) is 30.7 Å². The second-order valence-electron chi connectivity index (χ2n) is 5.89. The normalized spacial score (nSPS) is 16.1. The first-order valence-electron chi connectivity index (χ1n) is 8.06. The summed E-state index contributed by atoms with van der Waals surface area (Å²) in [4.78, 5) is 18.3. The van der Waals surface area contributed by atoms with Crippen LogP contribution in [0.25, 0.3) is 11.0 Å². The molecule has 3 aromatic rings. The summed E-state index contributed by atoms with van der Waals surface area (Å²) >= 11 is 0.197. The van der Waals surface area contributed by atoms with Crippen molar-refractivity contribution in [1.29, 1.82) is 5.26 Å². The van der Waals surface area contributed by atoms with Gasteiger partial charge in [-0.1, -0.05) is 0 Å². The van der Waals surface area contributed by atoms with E-state index in [0.717, 1.165) is 37.0 Å². The zero-order valence-corrected chi connectivity index (χ0v) is 15.1. The lowest BCUT2D eigenvalue weighted by molar-refractivity contribution is 0.571. The van der Waals surface area contributed by atoms with Crippen molar-refractivity contribution in [2.75, 3.05) is 18.0 Å². The van der Waals surface area contributed by atoms with Gasteiger partial charge in [-0.05, 0) is 19.3 Å². The number of thiophene rings is 1. The summed E-state index contributed by atoms with van der Waals surface area (Å²) in [5, 5.41) is 13.6. The molecule has 1 N–H and O–H groups in total. The lowest BCUT2D eigenvalue weighted by atomic mass is 10.1. The number of imidazole rings is 1. The van der Waals surface area contributed by atoms with Crippen molar-refractivity contribution in [2.24, 2.45) is 0 Å². The molecule has 0 radical (unpaired) electrons. The number of piperidine rings is 1. The second-order valence-corrected chi connectivity index (χ2v) is 8.00. The number of aromatic amines is 1. The molecule has 1 unspecified atom stereocenters. The fraction of sp³-hybridized carbons (Fsp3) is 0.375. The van der Waals surface area contributed by atoms with Gasteiger partial charge >= 0.3 is 5.16 Å². The molecule has 1 aliphatic rings. The van der Waals surface area contributed by atoms with E-state index in [9.17, 15) is 9.81 Å². The summed E-state index contributed by atoms with van der Waals surface area (Å²) in [6.45, 7) is 1.78. The Labute approximate surface area is 151 Å². The van der Waals surface area contributed by atoms with Gasteiger partial charge in [0.2, 0.25) is 0 Å². The van der Waals surface area contributed by atoms with Gasteiger partial charge in [0.25, 0.3) is 0 Å². The number of anilines is 1. The third-order valence-electron chi connectivity index (χ3n) is 4.18. The van der Waals surface area contributed by atoms with E-state index >= 15 is 0 Å². The van der Waals surface area contributed by atoms with Crippen LogP contribution in [0, 0.1) is 11.3 Å². The van der Waals surface area contributed by atoms with Crippen molar-refractivity contribution in [3.8, 4) is 6.07 Å². The van der Waals surface area contributed by atoms with E-state index in [1.807, 2.05) is 10.8 Å². The van der Waals surface area contributed by atoms with Crippen molar-refractivity contribution in [1.82, 2.24) is 19.9 Å². The molecule has 1 aliphatic heterocycles. The number of hydrogen-bond acceptors (Lipinski definition) is 7. The molecule has 0 spiro atoms. The molecule has 1 saturated heterocycles. The van der Waals surface area contributed by atoms with E-state index in [2.05, 4.69) is 30.9 Å². The molecular formula is C16H16N6OS2. The lowest BCUT2D eigenvalue weighted by Crippen LogP contribution is -2.31. The number of aromatic nitrogens is 4. The smallest absolute Gasteiger partial charge is 0.322 e. The maximum Gasteiger partial charge on any atom is 0.322 e. The molecule has 0 bridgehead atoms. The largest absolute Gasteiger partial charge is 0.609 e. The highest BCUT2D eigenvalue weighted by Gasteiger charge is 2.22. The highest BCUT2D eigenvalue weighted by molar-refractivity contribution is 7.90. The summed E-state index contributed by atoms with van der Waals surface area (Å²) in [6.07, 6.45) is 4.93. The second kappa shape index (κ2) is 7.00. The molecule has 25 heavy (non-hydrogen) atoms. The predicted octanol–water partition coefficient (Wildman–Crippen LogP) is 2.58. The number of nitrogens with one attached hydrogen (secondary N) is 1. The van der Waals surface area contributed by atoms with E-state index in [1.54, 1.807) is 11.3 Å². The van der Waals surface area contributed by atoms with Crippen molar-refractivity contribution in [2.45, 2.75) is 30.2 Å². The van der Waals surface area contributed by atoms with Crippen LogP contribution in [0.3, 0.4) is 0 Å². The van der Waals surface area contributed by atoms with Crippen molar-refractivity contribution < 1.29 is 4.55 Å². The van der Waals surface area contributed by atoms with Gasteiger partial charge in [0.15, 0.2) is 17.4 Å². The molecule has 0 amide bonds. The minimum Gasteiger partial charge on any atom is -0.609 e. The van der Waals surface area contributed by atoms with Crippen LogP contribution in [-0.4, -0.2) is 37.6 Å². The van der Waals surface area contributed by atoms with Crippen molar-refractivity contribution in [3.63, 3.8) is 0 Å². The first-order valence-corrected chi connectivity index (χ1v) is 10.3. The van der Waals surface area contributed by atoms with Crippen LogP contribution in [0.15, 0.2) is 22.1 Å².